The molecule has 2 aromatic rings. The molecule has 1 aliphatic heterocycles. The van der Waals surface area contributed by atoms with Crippen LogP contribution >= 0.6 is 0 Å². The second kappa shape index (κ2) is 8.63. The van der Waals surface area contributed by atoms with Gasteiger partial charge in [0, 0.05) is 44.3 Å². The van der Waals surface area contributed by atoms with Gasteiger partial charge in [-0.3, -0.25) is 9.78 Å². The largest absolute Gasteiger partial charge is 0.376 e. The van der Waals surface area contributed by atoms with Gasteiger partial charge in [-0.15, -0.1) is 0 Å². The first-order valence-electron chi connectivity index (χ1n) is 11.4. The molecule has 7 heteroatoms. The maximum absolute atomic E-state index is 13.1. The summed E-state index contributed by atoms with van der Waals surface area (Å²) in [5.74, 6) is 2.38. The van der Waals surface area contributed by atoms with Crippen LogP contribution in [0, 0.1) is 17.8 Å². The number of carbonyl (C=O) groups excluding carboxylic acids is 1. The van der Waals surface area contributed by atoms with Crippen LogP contribution in [-0.2, 0) is 4.74 Å². The van der Waals surface area contributed by atoms with Crippen LogP contribution in [-0.4, -0.2) is 76.6 Å². The molecule has 2 saturated carbocycles. The van der Waals surface area contributed by atoms with E-state index in [1.165, 1.54) is 12.8 Å². The van der Waals surface area contributed by atoms with Crippen LogP contribution in [0.2, 0.25) is 0 Å². The fraction of sp³-hybridized carbons (Fsp3) is 0.583. The normalized spacial score (nSPS) is 28.0. The van der Waals surface area contributed by atoms with Gasteiger partial charge in [0.2, 0.25) is 0 Å². The van der Waals surface area contributed by atoms with Crippen molar-refractivity contribution in [2.24, 2.45) is 17.8 Å². The van der Waals surface area contributed by atoms with E-state index in [-0.39, 0.29) is 12.0 Å². The molecule has 1 amide bonds. The second-order valence-corrected chi connectivity index (χ2v) is 9.56. The van der Waals surface area contributed by atoms with Gasteiger partial charge in [-0.05, 0) is 69.7 Å². The van der Waals surface area contributed by atoms with E-state index in [2.05, 4.69) is 33.9 Å². The highest BCUT2D eigenvalue weighted by molar-refractivity contribution is 5.94. The Labute approximate surface area is 183 Å². The fourth-order valence-electron chi connectivity index (χ4n) is 5.07. The van der Waals surface area contributed by atoms with Crippen LogP contribution in [0.15, 0.2) is 36.8 Å². The summed E-state index contributed by atoms with van der Waals surface area (Å²) in [4.78, 5) is 30.5. The van der Waals surface area contributed by atoms with Crippen LogP contribution in [0.1, 0.15) is 36.0 Å². The van der Waals surface area contributed by atoms with Crippen LogP contribution in [0.5, 0.6) is 0 Å². The SMILES string of the molecule is CN(C)[C@@H]1C[C@@H]2CN(C(=O)c3cnc(-c4ccccn4)nc3)C[C@@H]2C[C@H]1OCC1CC1. The zero-order valence-corrected chi connectivity index (χ0v) is 18.4. The van der Waals surface area contributed by atoms with E-state index in [9.17, 15) is 4.79 Å². The number of aromatic nitrogens is 3. The Hall–Kier alpha value is -2.38. The molecule has 1 saturated heterocycles. The number of pyridine rings is 1. The van der Waals surface area contributed by atoms with Crippen molar-refractivity contribution in [3.63, 3.8) is 0 Å². The van der Waals surface area contributed by atoms with Crippen molar-refractivity contribution in [3.05, 3.63) is 42.4 Å². The topological polar surface area (TPSA) is 71.5 Å². The Bertz CT molecular complexity index is 900. The molecule has 0 radical (unpaired) electrons. The first kappa shape index (κ1) is 20.5. The summed E-state index contributed by atoms with van der Waals surface area (Å²) in [5, 5.41) is 0. The van der Waals surface area contributed by atoms with Gasteiger partial charge in [0.1, 0.15) is 5.69 Å². The third-order valence-corrected chi connectivity index (χ3v) is 7.07. The molecule has 164 valence electrons. The van der Waals surface area contributed by atoms with E-state index in [1.54, 1.807) is 18.6 Å². The van der Waals surface area contributed by atoms with Gasteiger partial charge in [0.05, 0.1) is 11.7 Å². The molecule has 0 unspecified atom stereocenters. The molecular weight excluding hydrogens is 390 g/mol. The molecule has 0 spiro atoms. The van der Waals surface area contributed by atoms with Crippen LogP contribution < -0.4 is 0 Å². The number of amides is 1. The van der Waals surface area contributed by atoms with Gasteiger partial charge >= 0.3 is 0 Å². The molecule has 3 heterocycles. The monoisotopic (exact) mass is 421 g/mol. The zero-order valence-electron chi connectivity index (χ0n) is 18.4. The van der Waals surface area contributed by atoms with Crippen molar-refractivity contribution in [2.75, 3.05) is 33.8 Å². The van der Waals surface area contributed by atoms with Crippen LogP contribution in [0.4, 0.5) is 0 Å². The standard InChI is InChI=1S/C24H31N5O2/c1-28(2)21-9-17-13-29(14-18(17)10-22(21)31-15-16-6-7-16)24(30)19-11-26-23(27-12-19)20-5-3-4-8-25-20/h3-5,8,11-12,16-18,21-22H,6-7,9-10,13-15H2,1-2H3/t17-,18+,21-,22-/m1/s1. The number of fused-ring (bicyclic) bond motifs is 1. The summed E-state index contributed by atoms with van der Waals surface area (Å²) in [5.41, 5.74) is 1.25. The molecule has 0 aromatic carbocycles. The van der Waals surface area contributed by atoms with E-state index in [0.717, 1.165) is 38.5 Å². The molecule has 7 nitrogen and oxygen atoms in total. The highest BCUT2D eigenvalue weighted by Gasteiger charge is 2.45. The van der Waals surface area contributed by atoms with E-state index in [1.807, 2.05) is 23.1 Å². The molecule has 4 atom stereocenters. The molecule has 0 bridgehead atoms. The Balaban J connectivity index is 1.24. The summed E-state index contributed by atoms with van der Waals surface area (Å²) in [6, 6.07) is 6.05. The summed E-state index contributed by atoms with van der Waals surface area (Å²) in [7, 11) is 4.30. The van der Waals surface area contributed by atoms with E-state index in [0.29, 0.717) is 35.0 Å². The lowest BCUT2D eigenvalue weighted by atomic mass is 9.77. The van der Waals surface area contributed by atoms with Crippen molar-refractivity contribution in [3.8, 4) is 11.5 Å². The van der Waals surface area contributed by atoms with Crippen molar-refractivity contribution in [1.29, 1.82) is 0 Å². The summed E-state index contributed by atoms with van der Waals surface area (Å²) in [6.45, 7) is 2.51. The number of ether oxygens (including phenoxy) is 1. The quantitative estimate of drug-likeness (QED) is 0.714. The molecule has 0 N–H and O–H groups in total. The lowest BCUT2D eigenvalue weighted by Gasteiger charge is -2.41. The molecule has 3 fully saturated rings. The van der Waals surface area contributed by atoms with Gasteiger partial charge in [-0.2, -0.15) is 0 Å². The van der Waals surface area contributed by atoms with Crippen molar-refractivity contribution in [2.45, 2.75) is 37.8 Å². The number of rotatable bonds is 6. The molecule has 2 aliphatic carbocycles. The lowest BCUT2D eigenvalue weighted by Crippen LogP contribution is -2.48. The highest BCUT2D eigenvalue weighted by Crippen LogP contribution is 2.40. The third kappa shape index (κ3) is 4.48. The Morgan fingerprint density at radius 2 is 1.84 bits per heavy atom. The summed E-state index contributed by atoms with van der Waals surface area (Å²) in [6.07, 6.45) is 10.0. The average Bonchev–Trinajstić information content (AvgIpc) is 3.54. The zero-order chi connectivity index (χ0) is 21.4. The molecule has 5 rings (SSSR count). The minimum Gasteiger partial charge on any atom is -0.376 e. The van der Waals surface area contributed by atoms with E-state index >= 15 is 0 Å². The maximum Gasteiger partial charge on any atom is 0.257 e. The number of hydrogen-bond donors (Lipinski definition) is 0. The first-order valence-corrected chi connectivity index (χ1v) is 11.4. The van der Waals surface area contributed by atoms with Gasteiger partial charge < -0.3 is 14.5 Å². The third-order valence-electron chi connectivity index (χ3n) is 7.07. The second-order valence-electron chi connectivity index (χ2n) is 9.56. The predicted octanol–water partition coefficient (Wildman–Crippen LogP) is 2.75. The number of hydrogen-bond acceptors (Lipinski definition) is 6. The predicted molar refractivity (Wildman–Crippen MR) is 117 cm³/mol. The van der Waals surface area contributed by atoms with Crippen molar-refractivity contribution in [1.82, 2.24) is 24.8 Å². The summed E-state index contributed by atoms with van der Waals surface area (Å²) >= 11 is 0. The van der Waals surface area contributed by atoms with Crippen LogP contribution in [0.25, 0.3) is 11.5 Å². The number of nitrogens with zero attached hydrogens (tertiary/aromatic N) is 5. The maximum atomic E-state index is 13.1. The number of carbonyl (C=O) groups is 1. The number of likely N-dealkylation sites (tertiary alicyclic amines) is 1. The highest BCUT2D eigenvalue weighted by atomic mass is 16.5. The molecule has 2 aromatic heterocycles. The average molecular weight is 422 g/mol. The minimum atomic E-state index is 0.0267. The Kier molecular flexibility index (Phi) is 5.71. The Morgan fingerprint density at radius 1 is 1.10 bits per heavy atom. The number of likely N-dealkylation sites (N-methyl/N-ethyl adjacent to an activating group) is 1. The lowest BCUT2D eigenvalue weighted by molar-refractivity contribution is -0.0493. The van der Waals surface area contributed by atoms with E-state index in [4.69, 9.17) is 4.74 Å². The first-order chi connectivity index (χ1) is 15.1. The van der Waals surface area contributed by atoms with Crippen LogP contribution in [0.3, 0.4) is 0 Å². The van der Waals surface area contributed by atoms with Crippen molar-refractivity contribution >= 4 is 5.91 Å². The van der Waals surface area contributed by atoms with Gasteiger partial charge in [0.25, 0.3) is 5.91 Å². The molecular formula is C24H31N5O2. The van der Waals surface area contributed by atoms with E-state index < -0.39 is 0 Å². The summed E-state index contributed by atoms with van der Waals surface area (Å²) < 4.78 is 6.35. The molecule has 31 heavy (non-hydrogen) atoms. The van der Waals surface area contributed by atoms with Gasteiger partial charge in [-0.1, -0.05) is 6.07 Å². The minimum absolute atomic E-state index is 0.0267. The molecule has 3 aliphatic rings. The van der Waals surface area contributed by atoms with Gasteiger partial charge in [0.15, 0.2) is 5.82 Å². The Morgan fingerprint density at radius 3 is 2.48 bits per heavy atom. The fourth-order valence-corrected chi connectivity index (χ4v) is 5.07. The smallest absolute Gasteiger partial charge is 0.257 e. The van der Waals surface area contributed by atoms with Gasteiger partial charge in [-0.25, -0.2) is 9.97 Å². The van der Waals surface area contributed by atoms with Crippen molar-refractivity contribution < 1.29 is 9.53 Å².